The van der Waals surface area contributed by atoms with Gasteiger partial charge in [0.15, 0.2) is 0 Å². The first-order valence-electron chi connectivity index (χ1n) is 12.5. The zero-order chi connectivity index (χ0) is 24.2. The van der Waals surface area contributed by atoms with E-state index >= 15 is 0 Å². The molecule has 2 nitrogen and oxygen atoms in total. The molecule has 0 amide bonds. The molecule has 0 radical (unpaired) electrons. The van der Waals surface area contributed by atoms with Crippen LogP contribution in [0.5, 0.6) is 0 Å². The average Bonchev–Trinajstić information content (AvgIpc) is 2.72. The smallest absolute Gasteiger partial charge is 0.130 e. The maximum absolute atomic E-state index is 11.0. The standard InChI is InChI=1S/C30H48O2/c1-25(14-8-16-27(3)18-10-20-29(5)22-12-24-31)13-7-15-26(2)17-9-19-28(4)21-11-23-30(6)32/h13,16-17,20-21,24H,7-12,14-15,18-19,22-23H2,1-6H3/b25-13-,26-17-,27-16-,28-21-,29-20-. The lowest BCUT2D eigenvalue weighted by Crippen LogP contribution is -1.87. The highest BCUT2D eigenvalue weighted by Gasteiger charge is 1.96. The summed E-state index contributed by atoms with van der Waals surface area (Å²) in [5.74, 6) is 0.269. The molecule has 180 valence electrons. The third kappa shape index (κ3) is 20.0. The molecule has 0 aromatic rings. The van der Waals surface area contributed by atoms with Gasteiger partial charge in [-0.05, 0) is 106 Å². The highest BCUT2D eigenvalue weighted by Crippen LogP contribution is 2.15. The summed E-state index contributed by atoms with van der Waals surface area (Å²) in [5.41, 5.74) is 7.12. The summed E-state index contributed by atoms with van der Waals surface area (Å²) in [4.78, 5) is 21.4. The molecule has 0 aromatic carbocycles. The Labute approximate surface area is 198 Å². The quantitative estimate of drug-likeness (QED) is 0.157. The van der Waals surface area contributed by atoms with Gasteiger partial charge in [-0.25, -0.2) is 0 Å². The number of rotatable bonds is 18. The molecule has 0 N–H and O–H groups in total. The van der Waals surface area contributed by atoms with E-state index in [4.69, 9.17) is 0 Å². The summed E-state index contributed by atoms with van der Waals surface area (Å²) in [5, 5.41) is 0. The second-order valence-electron chi connectivity index (χ2n) is 9.35. The van der Waals surface area contributed by atoms with Crippen molar-refractivity contribution in [1.82, 2.24) is 0 Å². The molecule has 0 aliphatic carbocycles. The molecule has 0 bridgehead atoms. The van der Waals surface area contributed by atoms with E-state index in [0.29, 0.717) is 12.8 Å². The van der Waals surface area contributed by atoms with Gasteiger partial charge in [0.1, 0.15) is 12.1 Å². The van der Waals surface area contributed by atoms with Crippen LogP contribution in [0.2, 0.25) is 0 Å². The molecule has 0 saturated carbocycles. The van der Waals surface area contributed by atoms with Crippen molar-refractivity contribution in [3.05, 3.63) is 58.2 Å². The van der Waals surface area contributed by atoms with E-state index in [1.807, 2.05) is 0 Å². The molecule has 0 aliphatic heterocycles. The van der Waals surface area contributed by atoms with Gasteiger partial charge in [-0.15, -0.1) is 0 Å². The van der Waals surface area contributed by atoms with E-state index in [1.54, 1.807) is 6.92 Å². The number of hydrogen-bond acceptors (Lipinski definition) is 2. The molecule has 0 saturated heterocycles. The zero-order valence-corrected chi connectivity index (χ0v) is 21.8. The number of hydrogen-bond donors (Lipinski definition) is 0. The molecule has 2 heteroatoms. The molecular formula is C30H48O2. The van der Waals surface area contributed by atoms with Crippen LogP contribution in [0.4, 0.5) is 0 Å². The van der Waals surface area contributed by atoms with Crippen LogP contribution in [-0.2, 0) is 9.59 Å². The van der Waals surface area contributed by atoms with Gasteiger partial charge in [0.25, 0.3) is 0 Å². The van der Waals surface area contributed by atoms with Crippen LogP contribution in [0.3, 0.4) is 0 Å². The molecule has 0 atom stereocenters. The Bertz CT molecular complexity index is 698. The monoisotopic (exact) mass is 440 g/mol. The van der Waals surface area contributed by atoms with Crippen LogP contribution >= 0.6 is 0 Å². The number of ketones is 1. The van der Waals surface area contributed by atoms with Crippen LogP contribution in [-0.4, -0.2) is 12.1 Å². The fourth-order valence-electron chi connectivity index (χ4n) is 3.50. The van der Waals surface area contributed by atoms with Gasteiger partial charge >= 0.3 is 0 Å². The number of aldehydes is 1. The summed E-state index contributed by atoms with van der Waals surface area (Å²) in [6.45, 7) is 12.6. The number of Topliss-reactive ketones (excluding diaryl/α,β-unsaturated/α-hetero) is 1. The predicted molar refractivity (Wildman–Crippen MR) is 141 cm³/mol. The fourth-order valence-corrected chi connectivity index (χ4v) is 3.50. The molecule has 0 heterocycles. The summed E-state index contributed by atoms with van der Waals surface area (Å²) < 4.78 is 0. The largest absolute Gasteiger partial charge is 0.303 e. The lowest BCUT2D eigenvalue weighted by atomic mass is 10.0. The fraction of sp³-hybridized carbons (Fsp3) is 0.600. The molecule has 32 heavy (non-hydrogen) atoms. The SMILES string of the molecule is CC(=O)CC/C=C(/C)CC/C=C(/C)CC/C=C(/C)CC/C=C(/C)CC/C=C(/C)CCC=O. The van der Waals surface area contributed by atoms with Crippen molar-refractivity contribution in [2.24, 2.45) is 0 Å². The highest BCUT2D eigenvalue weighted by molar-refractivity contribution is 5.75. The average molecular weight is 441 g/mol. The maximum Gasteiger partial charge on any atom is 0.130 e. The Hall–Kier alpha value is -1.96. The van der Waals surface area contributed by atoms with Crippen LogP contribution in [0.25, 0.3) is 0 Å². The highest BCUT2D eigenvalue weighted by atomic mass is 16.1. The normalized spacial score (nSPS) is 14.1. The second kappa shape index (κ2) is 19.7. The minimum atomic E-state index is 0.269. The van der Waals surface area contributed by atoms with Gasteiger partial charge in [0, 0.05) is 12.8 Å². The van der Waals surface area contributed by atoms with E-state index < -0.39 is 0 Å². The van der Waals surface area contributed by atoms with Crippen molar-refractivity contribution in [3.63, 3.8) is 0 Å². The van der Waals surface area contributed by atoms with Gasteiger partial charge in [-0.2, -0.15) is 0 Å². The van der Waals surface area contributed by atoms with Crippen molar-refractivity contribution in [1.29, 1.82) is 0 Å². The van der Waals surface area contributed by atoms with Crippen molar-refractivity contribution in [2.75, 3.05) is 0 Å². The summed E-state index contributed by atoms with van der Waals surface area (Å²) in [7, 11) is 0. The Balaban J connectivity index is 4.09. The first-order valence-corrected chi connectivity index (χ1v) is 12.5. The van der Waals surface area contributed by atoms with Crippen molar-refractivity contribution in [2.45, 2.75) is 119 Å². The van der Waals surface area contributed by atoms with Crippen molar-refractivity contribution < 1.29 is 9.59 Å². The summed E-state index contributed by atoms with van der Waals surface area (Å²) in [6.07, 6.45) is 24.6. The molecule has 0 aromatic heterocycles. The van der Waals surface area contributed by atoms with Gasteiger partial charge < -0.3 is 9.59 Å². The van der Waals surface area contributed by atoms with Crippen LogP contribution < -0.4 is 0 Å². The van der Waals surface area contributed by atoms with Gasteiger partial charge in [-0.3, -0.25) is 0 Å². The third-order valence-corrected chi connectivity index (χ3v) is 5.77. The van der Waals surface area contributed by atoms with Gasteiger partial charge in [-0.1, -0.05) is 58.2 Å². The third-order valence-electron chi connectivity index (χ3n) is 5.77. The molecule has 0 aliphatic rings. The Morgan fingerprint density at radius 1 is 0.438 bits per heavy atom. The van der Waals surface area contributed by atoms with Crippen LogP contribution in [0, 0.1) is 0 Å². The lowest BCUT2D eigenvalue weighted by Gasteiger charge is -2.03. The van der Waals surface area contributed by atoms with Crippen LogP contribution in [0.1, 0.15) is 119 Å². The summed E-state index contributed by atoms with van der Waals surface area (Å²) >= 11 is 0. The summed E-state index contributed by atoms with van der Waals surface area (Å²) in [6, 6.07) is 0. The molecular weight excluding hydrogens is 392 g/mol. The Morgan fingerprint density at radius 2 is 0.688 bits per heavy atom. The number of allylic oxidation sites excluding steroid dienone is 10. The van der Waals surface area contributed by atoms with Crippen molar-refractivity contribution >= 4 is 12.1 Å². The van der Waals surface area contributed by atoms with E-state index in [2.05, 4.69) is 65.0 Å². The molecule has 0 fully saturated rings. The Kier molecular flexibility index (Phi) is 18.5. The minimum Gasteiger partial charge on any atom is -0.303 e. The second-order valence-corrected chi connectivity index (χ2v) is 9.35. The molecule has 0 unspecified atom stereocenters. The first-order chi connectivity index (χ1) is 15.2. The van der Waals surface area contributed by atoms with E-state index in [-0.39, 0.29) is 5.78 Å². The van der Waals surface area contributed by atoms with E-state index in [9.17, 15) is 9.59 Å². The zero-order valence-electron chi connectivity index (χ0n) is 21.8. The molecule has 0 rings (SSSR count). The van der Waals surface area contributed by atoms with Gasteiger partial charge in [0.2, 0.25) is 0 Å². The minimum absolute atomic E-state index is 0.269. The first kappa shape index (κ1) is 30.0. The topological polar surface area (TPSA) is 34.1 Å². The number of carbonyl (C=O) groups excluding carboxylic acids is 2. The Morgan fingerprint density at radius 3 is 0.938 bits per heavy atom. The van der Waals surface area contributed by atoms with Crippen molar-refractivity contribution in [3.8, 4) is 0 Å². The lowest BCUT2D eigenvalue weighted by molar-refractivity contribution is -0.117. The number of carbonyl (C=O) groups is 2. The maximum atomic E-state index is 11.0. The predicted octanol–water partition coefficient (Wildman–Crippen LogP) is 9.19. The van der Waals surface area contributed by atoms with Crippen LogP contribution in [0.15, 0.2) is 58.2 Å². The van der Waals surface area contributed by atoms with E-state index in [0.717, 1.165) is 70.5 Å². The van der Waals surface area contributed by atoms with Gasteiger partial charge in [0.05, 0.1) is 0 Å². The molecule has 0 spiro atoms. The van der Waals surface area contributed by atoms with E-state index in [1.165, 1.54) is 27.9 Å².